The number of halogens is 1. The highest BCUT2D eigenvalue weighted by Crippen LogP contribution is 2.18. The third-order valence-corrected chi connectivity index (χ3v) is 4.73. The van der Waals surface area contributed by atoms with Gasteiger partial charge in [0.2, 0.25) is 5.01 Å². The number of nitrogens with zero attached hydrogens (tertiary/aromatic N) is 3. The molecule has 1 aliphatic rings. The number of piperidine rings is 1. The molecule has 0 radical (unpaired) electrons. The number of likely N-dealkylation sites (tertiary alicyclic amines) is 1. The van der Waals surface area contributed by atoms with Crippen molar-refractivity contribution in [2.45, 2.75) is 25.8 Å². The van der Waals surface area contributed by atoms with Crippen LogP contribution in [0.4, 0.5) is 5.69 Å². The molecule has 1 aromatic carbocycles. The SMILES string of the molecule is O=C(Nc1ccc(Cl)cc1)c1nnc(CN2CCCCC2)s1. The molecule has 0 unspecified atom stereocenters. The van der Waals surface area contributed by atoms with E-state index in [0.29, 0.717) is 15.7 Å². The predicted molar refractivity (Wildman–Crippen MR) is 88.4 cm³/mol. The van der Waals surface area contributed by atoms with E-state index in [9.17, 15) is 4.79 Å². The third kappa shape index (κ3) is 4.03. The Morgan fingerprint density at radius 3 is 2.64 bits per heavy atom. The maximum atomic E-state index is 12.2. The van der Waals surface area contributed by atoms with Crippen LogP contribution in [-0.2, 0) is 6.54 Å². The van der Waals surface area contributed by atoms with E-state index in [1.807, 2.05) is 0 Å². The van der Waals surface area contributed by atoms with Crippen LogP contribution >= 0.6 is 22.9 Å². The summed E-state index contributed by atoms with van der Waals surface area (Å²) in [6.45, 7) is 2.99. The number of hydrogen-bond donors (Lipinski definition) is 1. The first-order valence-corrected chi connectivity index (χ1v) is 8.52. The molecule has 0 spiro atoms. The van der Waals surface area contributed by atoms with Crippen LogP contribution in [0.3, 0.4) is 0 Å². The van der Waals surface area contributed by atoms with Gasteiger partial charge in [-0.1, -0.05) is 29.4 Å². The Kier molecular flexibility index (Phi) is 5.02. The number of rotatable bonds is 4. The van der Waals surface area contributed by atoms with Gasteiger partial charge in [-0.05, 0) is 50.2 Å². The zero-order chi connectivity index (χ0) is 15.4. The summed E-state index contributed by atoms with van der Waals surface area (Å²) < 4.78 is 0. The highest BCUT2D eigenvalue weighted by Gasteiger charge is 2.16. The molecule has 3 rings (SSSR count). The van der Waals surface area contributed by atoms with Crippen LogP contribution in [0, 0.1) is 0 Å². The zero-order valence-corrected chi connectivity index (χ0v) is 13.7. The lowest BCUT2D eigenvalue weighted by Gasteiger charge is -2.24. The minimum atomic E-state index is -0.232. The fourth-order valence-corrected chi connectivity index (χ4v) is 3.34. The van der Waals surface area contributed by atoms with E-state index in [0.717, 1.165) is 24.6 Å². The average Bonchev–Trinajstić information content (AvgIpc) is 2.99. The van der Waals surface area contributed by atoms with Crippen LogP contribution in [0.15, 0.2) is 24.3 Å². The van der Waals surface area contributed by atoms with Gasteiger partial charge < -0.3 is 5.32 Å². The van der Waals surface area contributed by atoms with Crippen molar-refractivity contribution in [1.29, 1.82) is 0 Å². The highest BCUT2D eigenvalue weighted by atomic mass is 35.5. The molecule has 1 amide bonds. The van der Waals surface area contributed by atoms with Crippen LogP contribution < -0.4 is 5.32 Å². The van der Waals surface area contributed by atoms with Gasteiger partial charge in [-0.3, -0.25) is 9.69 Å². The van der Waals surface area contributed by atoms with E-state index in [2.05, 4.69) is 20.4 Å². The van der Waals surface area contributed by atoms with Crippen molar-refractivity contribution in [1.82, 2.24) is 15.1 Å². The van der Waals surface area contributed by atoms with Crippen molar-refractivity contribution >= 4 is 34.5 Å². The van der Waals surface area contributed by atoms with Gasteiger partial charge in [0.1, 0.15) is 5.01 Å². The van der Waals surface area contributed by atoms with E-state index < -0.39 is 0 Å². The molecule has 1 saturated heterocycles. The van der Waals surface area contributed by atoms with E-state index in [1.54, 1.807) is 24.3 Å². The molecule has 1 aromatic heterocycles. The fraction of sp³-hybridized carbons (Fsp3) is 0.400. The van der Waals surface area contributed by atoms with Crippen molar-refractivity contribution in [2.24, 2.45) is 0 Å². The van der Waals surface area contributed by atoms with Crippen molar-refractivity contribution in [3.8, 4) is 0 Å². The highest BCUT2D eigenvalue weighted by molar-refractivity contribution is 7.13. The molecule has 0 aliphatic carbocycles. The first-order chi connectivity index (χ1) is 10.7. The fourth-order valence-electron chi connectivity index (χ4n) is 2.44. The van der Waals surface area contributed by atoms with Gasteiger partial charge in [0.05, 0.1) is 6.54 Å². The van der Waals surface area contributed by atoms with Crippen LogP contribution in [0.25, 0.3) is 0 Å². The molecule has 1 fully saturated rings. The zero-order valence-electron chi connectivity index (χ0n) is 12.1. The molecule has 2 aromatic rings. The van der Waals surface area contributed by atoms with Crippen molar-refractivity contribution in [3.63, 3.8) is 0 Å². The molecule has 2 heterocycles. The molecule has 116 valence electrons. The smallest absolute Gasteiger partial charge is 0.286 e. The Morgan fingerprint density at radius 2 is 1.91 bits per heavy atom. The summed E-state index contributed by atoms with van der Waals surface area (Å²) in [4.78, 5) is 14.5. The van der Waals surface area contributed by atoms with Crippen molar-refractivity contribution in [2.75, 3.05) is 18.4 Å². The monoisotopic (exact) mass is 336 g/mol. The molecule has 0 atom stereocenters. The number of hydrogen-bond acceptors (Lipinski definition) is 5. The topological polar surface area (TPSA) is 58.1 Å². The van der Waals surface area contributed by atoms with E-state index in [1.165, 1.54) is 30.6 Å². The van der Waals surface area contributed by atoms with Crippen molar-refractivity contribution < 1.29 is 4.79 Å². The molecule has 22 heavy (non-hydrogen) atoms. The van der Waals surface area contributed by atoms with Gasteiger partial charge in [-0.25, -0.2) is 0 Å². The Morgan fingerprint density at radius 1 is 1.18 bits per heavy atom. The summed E-state index contributed by atoms with van der Waals surface area (Å²) in [6.07, 6.45) is 3.78. The predicted octanol–water partition coefficient (Wildman–Crippen LogP) is 3.43. The first kappa shape index (κ1) is 15.4. The summed E-state index contributed by atoms with van der Waals surface area (Å²) in [6, 6.07) is 6.99. The molecular weight excluding hydrogens is 320 g/mol. The van der Waals surface area contributed by atoms with E-state index in [-0.39, 0.29) is 5.91 Å². The lowest BCUT2D eigenvalue weighted by Crippen LogP contribution is -2.28. The lowest BCUT2D eigenvalue weighted by molar-refractivity contribution is 0.102. The Labute approximate surface area is 138 Å². The van der Waals surface area contributed by atoms with Gasteiger partial charge in [0.15, 0.2) is 0 Å². The summed E-state index contributed by atoms with van der Waals surface area (Å²) in [5, 5.41) is 12.8. The molecule has 0 bridgehead atoms. The second-order valence-electron chi connectivity index (χ2n) is 5.30. The van der Waals surface area contributed by atoms with Crippen LogP contribution in [0.2, 0.25) is 5.02 Å². The molecule has 7 heteroatoms. The minimum absolute atomic E-state index is 0.232. The Bertz CT molecular complexity index is 637. The third-order valence-electron chi connectivity index (χ3n) is 3.57. The molecule has 5 nitrogen and oxygen atoms in total. The van der Waals surface area contributed by atoms with Crippen LogP contribution in [0.5, 0.6) is 0 Å². The summed E-state index contributed by atoms with van der Waals surface area (Å²) >= 11 is 7.18. The second-order valence-corrected chi connectivity index (χ2v) is 6.80. The maximum absolute atomic E-state index is 12.2. The number of amides is 1. The van der Waals surface area contributed by atoms with Crippen molar-refractivity contribution in [3.05, 3.63) is 39.3 Å². The Balaban J connectivity index is 1.60. The summed E-state index contributed by atoms with van der Waals surface area (Å²) in [5.41, 5.74) is 0.696. The van der Waals surface area contributed by atoms with Gasteiger partial charge in [0.25, 0.3) is 5.91 Å². The van der Waals surface area contributed by atoms with Gasteiger partial charge in [-0.15, -0.1) is 10.2 Å². The lowest BCUT2D eigenvalue weighted by atomic mass is 10.1. The van der Waals surface area contributed by atoms with Crippen LogP contribution in [-0.4, -0.2) is 34.1 Å². The van der Waals surface area contributed by atoms with Crippen LogP contribution in [0.1, 0.15) is 34.1 Å². The molecule has 1 N–H and O–H groups in total. The minimum Gasteiger partial charge on any atom is -0.320 e. The van der Waals surface area contributed by atoms with Gasteiger partial charge >= 0.3 is 0 Å². The quantitative estimate of drug-likeness (QED) is 0.929. The standard InChI is InChI=1S/C15H17ClN4OS/c16-11-4-6-12(7-5-11)17-14(21)15-19-18-13(22-15)10-20-8-2-1-3-9-20/h4-7H,1-3,8-10H2,(H,17,21). The Hall–Kier alpha value is -1.50. The molecular formula is C15H17ClN4OS. The second kappa shape index (κ2) is 7.17. The number of carbonyl (C=O) groups excluding carboxylic acids is 1. The number of nitrogens with one attached hydrogen (secondary N) is 1. The van der Waals surface area contributed by atoms with Gasteiger partial charge in [-0.2, -0.15) is 0 Å². The maximum Gasteiger partial charge on any atom is 0.286 e. The molecule has 1 aliphatic heterocycles. The average molecular weight is 337 g/mol. The van der Waals surface area contributed by atoms with Gasteiger partial charge in [0, 0.05) is 10.7 Å². The van der Waals surface area contributed by atoms with E-state index in [4.69, 9.17) is 11.6 Å². The summed E-state index contributed by atoms with van der Waals surface area (Å²) in [7, 11) is 0. The summed E-state index contributed by atoms with van der Waals surface area (Å²) in [5.74, 6) is -0.232. The van der Waals surface area contributed by atoms with E-state index >= 15 is 0 Å². The number of benzene rings is 1. The number of carbonyl (C=O) groups is 1. The molecule has 0 saturated carbocycles. The largest absolute Gasteiger partial charge is 0.320 e. The number of anilines is 1. The first-order valence-electron chi connectivity index (χ1n) is 7.32. The normalized spacial score (nSPS) is 15.7. The number of aromatic nitrogens is 2.